The average Bonchev–Trinajstić information content (AvgIpc) is 2.82. The molecule has 0 spiro atoms. The zero-order chi connectivity index (χ0) is 22.8. The van der Waals surface area contributed by atoms with Gasteiger partial charge in [-0.1, -0.05) is 60.7 Å². The van der Waals surface area contributed by atoms with Crippen molar-refractivity contribution in [3.63, 3.8) is 0 Å². The van der Waals surface area contributed by atoms with Crippen LogP contribution in [0.3, 0.4) is 0 Å². The van der Waals surface area contributed by atoms with Crippen LogP contribution in [-0.2, 0) is 11.4 Å². The second-order valence-corrected chi connectivity index (χ2v) is 6.91. The maximum atomic E-state index is 12.1. The Morgan fingerprint density at radius 3 is 2.31 bits per heavy atom. The lowest BCUT2D eigenvalue weighted by Gasteiger charge is -2.06. The Balaban J connectivity index is 1.54. The molecule has 0 aromatic heterocycles. The van der Waals surface area contributed by atoms with Gasteiger partial charge < -0.3 is 19.7 Å². The third-order valence-corrected chi connectivity index (χ3v) is 4.51. The number of aromatic hydroxyl groups is 1. The molecule has 0 unspecified atom stereocenters. The van der Waals surface area contributed by atoms with Crippen LogP contribution < -0.4 is 9.47 Å². The second kappa shape index (κ2) is 11.2. The smallest absolute Gasteiger partial charge is 0.182 e. The van der Waals surface area contributed by atoms with Gasteiger partial charge in [-0.05, 0) is 53.1 Å². The van der Waals surface area contributed by atoms with Crippen molar-refractivity contribution in [1.29, 1.82) is 0 Å². The number of methoxy groups -OCH3 is 1. The minimum atomic E-state index is -0.347. The Kier molecular flexibility index (Phi) is 7.87. The van der Waals surface area contributed by atoms with Gasteiger partial charge in [0.25, 0.3) is 0 Å². The van der Waals surface area contributed by atoms with E-state index in [1.807, 2.05) is 54.6 Å². The van der Waals surface area contributed by atoms with Crippen LogP contribution in [0.5, 0.6) is 17.2 Å². The van der Waals surface area contributed by atoms with Crippen molar-refractivity contribution in [2.45, 2.75) is 6.61 Å². The molecule has 0 fully saturated rings. The molecule has 0 bridgehead atoms. The standard InChI is InChI=1S/C27H24O5/c1-31-27-17-21(11-16-26(27)30)8-13-24(29)18-23(28)12-7-20-9-14-25(15-10-20)32-19-22-5-3-2-4-6-22/h2-18,29-30H,19H2,1H3/b12-7+,13-8+,24-18?. The first-order chi connectivity index (χ1) is 15.5. The monoisotopic (exact) mass is 428 g/mol. The first-order valence-corrected chi connectivity index (χ1v) is 9.98. The van der Waals surface area contributed by atoms with Crippen LogP contribution in [-0.4, -0.2) is 23.1 Å². The van der Waals surface area contributed by atoms with Gasteiger partial charge in [-0.25, -0.2) is 0 Å². The number of ether oxygens (including phenoxy) is 2. The molecule has 32 heavy (non-hydrogen) atoms. The van der Waals surface area contributed by atoms with Crippen molar-refractivity contribution in [2.24, 2.45) is 0 Å². The number of phenols is 1. The highest BCUT2D eigenvalue weighted by Gasteiger charge is 2.01. The molecule has 0 aliphatic heterocycles. The van der Waals surface area contributed by atoms with E-state index in [4.69, 9.17) is 9.47 Å². The van der Waals surface area contributed by atoms with E-state index in [1.165, 1.54) is 25.3 Å². The Hall–Kier alpha value is -4.25. The fraction of sp³-hybridized carbons (Fsp3) is 0.0741. The van der Waals surface area contributed by atoms with Crippen LogP contribution in [0.15, 0.2) is 96.8 Å². The Labute approximate surface area is 187 Å². The topological polar surface area (TPSA) is 76.0 Å². The van der Waals surface area contributed by atoms with Gasteiger partial charge in [-0.3, -0.25) is 4.79 Å². The molecular formula is C27H24O5. The number of hydrogen-bond acceptors (Lipinski definition) is 5. The fourth-order valence-electron chi connectivity index (χ4n) is 2.82. The summed E-state index contributed by atoms with van der Waals surface area (Å²) in [4.78, 5) is 12.1. The number of phenolic OH excluding ortho intramolecular Hbond substituents is 1. The Bertz CT molecular complexity index is 1130. The number of hydrogen-bond donors (Lipinski definition) is 2. The predicted octanol–water partition coefficient (Wildman–Crippen LogP) is 5.72. The molecule has 0 aliphatic rings. The summed E-state index contributed by atoms with van der Waals surface area (Å²) in [5.74, 6) is 0.564. The van der Waals surface area contributed by atoms with Crippen LogP contribution in [0.1, 0.15) is 16.7 Å². The molecule has 3 rings (SSSR count). The highest BCUT2D eigenvalue weighted by atomic mass is 16.5. The van der Waals surface area contributed by atoms with Crippen molar-refractivity contribution in [1.82, 2.24) is 0 Å². The van der Waals surface area contributed by atoms with Crippen molar-refractivity contribution in [2.75, 3.05) is 7.11 Å². The molecule has 0 saturated carbocycles. The molecule has 2 N–H and O–H groups in total. The van der Waals surface area contributed by atoms with Crippen LogP contribution in [0.25, 0.3) is 12.2 Å². The predicted molar refractivity (Wildman–Crippen MR) is 126 cm³/mol. The van der Waals surface area contributed by atoms with E-state index < -0.39 is 0 Å². The van der Waals surface area contributed by atoms with Gasteiger partial charge in [0.05, 0.1) is 7.11 Å². The number of allylic oxidation sites excluding steroid dienone is 3. The zero-order valence-electron chi connectivity index (χ0n) is 17.6. The van der Waals surface area contributed by atoms with E-state index in [0.717, 1.165) is 23.0 Å². The van der Waals surface area contributed by atoms with E-state index in [0.29, 0.717) is 17.9 Å². The van der Waals surface area contributed by atoms with Gasteiger partial charge in [-0.2, -0.15) is 0 Å². The largest absolute Gasteiger partial charge is 0.508 e. The lowest BCUT2D eigenvalue weighted by Crippen LogP contribution is -1.94. The Morgan fingerprint density at radius 2 is 1.59 bits per heavy atom. The minimum Gasteiger partial charge on any atom is -0.508 e. The first kappa shape index (κ1) is 22.4. The van der Waals surface area contributed by atoms with Crippen LogP contribution in [0, 0.1) is 0 Å². The molecule has 3 aromatic rings. The number of carbonyl (C=O) groups excluding carboxylic acids is 1. The molecule has 162 valence electrons. The maximum Gasteiger partial charge on any atom is 0.182 e. The molecule has 0 radical (unpaired) electrons. The molecular weight excluding hydrogens is 404 g/mol. The van der Waals surface area contributed by atoms with Crippen molar-refractivity contribution >= 4 is 17.9 Å². The lowest BCUT2D eigenvalue weighted by molar-refractivity contribution is -0.110. The summed E-state index contributed by atoms with van der Waals surface area (Å²) in [6.45, 7) is 0.489. The maximum absolute atomic E-state index is 12.1. The van der Waals surface area contributed by atoms with Gasteiger partial charge in [0.15, 0.2) is 17.3 Å². The van der Waals surface area contributed by atoms with Crippen molar-refractivity contribution < 1.29 is 24.5 Å². The van der Waals surface area contributed by atoms with Crippen LogP contribution >= 0.6 is 0 Å². The summed E-state index contributed by atoms with van der Waals surface area (Å²) in [6.07, 6.45) is 7.19. The second-order valence-electron chi connectivity index (χ2n) is 6.91. The van der Waals surface area contributed by atoms with E-state index >= 15 is 0 Å². The highest BCUT2D eigenvalue weighted by molar-refractivity contribution is 6.02. The van der Waals surface area contributed by atoms with Crippen LogP contribution in [0.2, 0.25) is 0 Å². The summed E-state index contributed by atoms with van der Waals surface area (Å²) in [6, 6.07) is 22.1. The van der Waals surface area contributed by atoms with E-state index in [9.17, 15) is 15.0 Å². The van der Waals surface area contributed by atoms with Gasteiger partial charge >= 0.3 is 0 Å². The molecule has 0 aliphatic carbocycles. The fourth-order valence-corrected chi connectivity index (χ4v) is 2.82. The summed E-state index contributed by atoms with van der Waals surface area (Å²) in [5, 5.41) is 19.6. The van der Waals surface area contributed by atoms with Crippen molar-refractivity contribution in [3.05, 3.63) is 113 Å². The zero-order valence-corrected chi connectivity index (χ0v) is 17.6. The van der Waals surface area contributed by atoms with E-state index in [1.54, 1.807) is 24.3 Å². The first-order valence-electron chi connectivity index (χ1n) is 9.98. The molecule has 3 aromatic carbocycles. The van der Waals surface area contributed by atoms with Gasteiger partial charge in [0, 0.05) is 6.08 Å². The van der Waals surface area contributed by atoms with Crippen LogP contribution in [0.4, 0.5) is 0 Å². The summed E-state index contributed by atoms with van der Waals surface area (Å²) in [7, 11) is 1.45. The van der Waals surface area contributed by atoms with Gasteiger partial charge in [0.2, 0.25) is 0 Å². The average molecular weight is 428 g/mol. The molecule has 0 heterocycles. The molecule has 5 heteroatoms. The third kappa shape index (κ3) is 6.92. The summed E-state index contributed by atoms with van der Waals surface area (Å²) in [5.41, 5.74) is 2.63. The SMILES string of the molecule is COc1cc(/C=C/C(O)=CC(=O)/C=C/c2ccc(OCc3ccccc3)cc2)ccc1O. The molecule has 5 nitrogen and oxygen atoms in total. The normalized spacial score (nSPS) is 11.7. The van der Waals surface area contributed by atoms with Gasteiger partial charge in [0.1, 0.15) is 18.1 Å². The number of aliphatic hydroxyl groups is 1. The van der Waals surface area contributed by atoms with E-state index in [2.05, 4.69) is 0 Å². The quantitative estimate of drug-likeness (QED) is 0.259. The summed E-state index contributed by atoms with van der Waals surface area (Å²) < 4.78 is 10.8. The number of rotatable bonds is 9. The lowest BCUT2D eigenvalue weighted by atomic mass is 10.1. The number of ketones is 1. The number of aliphatic hydroxyl groups excluding tert-OH is 1. The highest BCUT2D eigenvalue weighted by Crippen LogP contribution is 2.26. The minimum absolute atomic E-state index is 0.0283. The molecule has 0 saturated heterocycles. The molecule has 0 atom stereocenters. The number of carbonyl (C=O) groups is 1. The van der Waals surface area contributed by atoms with E-state index in [-0.39, 0.29) is 17.3 Å². The van der Waals surface area contributed by atoms with Crippen molar-refractivity contribution in [3.8, 4) is 17.2 Å². The molecule has 0 amide bonds. The number of benzene rings is 3. The summed E-state index contributed by atoms with van der Waals surface area (Å²) >= 11 is 0. The Morgan fingerprint density at radius 1 is 0.906 bits per heavy atom. The van der Waals surface area contributed by atoms with Gasteiger partial charge in [-0.15, -0.1) is 0 Å². The third-order valence-electron chi connectivity index (χ3n) is 4.51.